The minimum absolute atomic E-state index is 0.199. The van der Waals surface area contributed by atoms with E-state index in [0.29, 0.717) is 10.6 Å². The van der Waals surface area contributed by atoms with Crippen LogP contribution in [0.15, 0.2) is 29.2 Å². The average Bonchev–Trinajstić information content (AvgIpc) is 2.94. The van der Waals surface area contributed by atoms with Gasteiger partial charge in [-0.3, -0.25) is 9.59 Å². The van der Waals surface area contributed by atoms with E-state index in [4.69, 9.17) is 4.74 Å². The first kappa shape index (κ1) is 20.4. The smallest absolute Gasteiger partial charge is 0.341 e. The van der Waals surface area contributed by atoms with Crippen LogP contribution in [0.2, 0.25) is 0 Å². The SMILES string of the molecule is CCOC(=O)c1c(NC(=O)C(C)C2Sc3ccccc3NC2=O)sc(C)c1C. The number of hydrogen-bond acceptors (Lipinski definition) is 6. The van der Waals surface area contributed by atoms with Crippen molar-refractivity contribution in [2.24, 2.45) is 5.92 Å². The fraction of sp³-hybridized carbons (Fsp3) is 0.350. The van der Waals surface area contributed by atoms with Gasteiger partial charge in [-0.2, -0.15) is 0 Å². The lowest BCUT2D eigenvalue weighted by atomic mass is 10.1. The molecule has 2 atom stereocenters. The monoisotopic (exact) mass is 418 g/mol. The molecule has 2 unspecified atom stereocenters. The van der Waals surface area contributed by atoms with Gasteiger partial charge in [0.15, 0.2) is 0 Å². The number of amides is 2. The van der Waals surface area contributed by atoms with Crippen LogP contribution in [0.25, 0.3) is 0 Å². The standard InChI is InChI=1S/C20H22N2O4S2/c1-5-26-20(25)15-10(2)12(4)27-19(15)22-17(23)11(3)16-18(24)21-13-8-6-7-9-14(13)28-16/h6-9,11,16H,5H2,1-4H3,(H,21,24)(H,22,23). The second-order valence-corrected chi connectivity index (χ2v) is 8.92. The minimum Gasteiger partial charge on any atom is -0.462 e. The molecule has 2 N–H and O–H groups in total. The van der Waals surface area contributed by atoms with Gasteiger partial charge in [0.2, 0.25) is 11.8 Å². The van der Waals surface area contributed by atoms with Gasteiger partial charge in [-0.1, -0.05) is 19.1 Å². The highest BCUT2D eigenvalue weighted by molar-refractivity contribution is 8.01. The molecule has 1 aliphatic heterocycles. The lowest BCUT2D eigenvalue weighted by molar-refractivity contribution is -0.123. The van der Waals surface area contributed by atoms with Crippen LogP contribution < -0.4 is 10.6 Å². The van der Waals surface area contributed by atoms with Gasteiger partial charge in [0.1, 0.15) is 5.00 Å². The number of carbonyl (C=O) groups excluding carboxylic acids is 3. The first-order valence-corrected chi connectivity index (χ1v) is 10.7. The Morgan fingerprint density at radius 3 is 2.71 bits per heavy atom. The molecule has 1 aromatic carbocycles. The van der Waals surface area contributed by atoms with E-state index in [1.54, 1.807) is 13.8 Å². The molecule has 0 fully saturated rings. The normalized spacial score (nSPS) is 16.7. The Hall–Kier alpha value is -2.32. The van der Waals surface area contributed by atoms with Crippen molar-refractivity contribution in [1.82, 2.24) is 0 Å². The highest BCUT2D eigenvalue weighted by Crippen LogP contribution is 2.39. The third-order valence-corrected chi connectivity index (χ3v) is 7.24. The van der Waals surface area contributed by atoms with Crippen molar-refractivity contribution in [3.63, 3.8) is 0 Å². The summed E-state index contributed by atoms with van der Waals surface area (Å²) in [6.07, 6.45) is 0. The largest absolute Gasteiger partial charge is 0.462 e. The molecule has 2 heterocycles. The topological polar surface area (TPSA) is 84.5 Å². The molecule has 6 nitrogen and oxygen atoms in total. The van der Waals surface area contributed by atoms with Crippen molar-refractivity contribution in [3.8, 4) is 0 Å². The molecule has 0 saturated carbocycles. The number of ether oxygens (including phenoxy) is 1. The molecule has 0 radical (unpaired) electrons. The highest BCUT2D eigenvalue weighted by Gasteiger charge is 2.36. The first-order valence-electron chi connectivity index (χ1n) is 8.98. The van der Waals surface area contributed by atoms with Crippen LogP contribution in [-0.4, -0.2) is 29.6 Å². The molecule has 0 saturated heterocycles. The van der Waals surface area contributed by atoms with E-state index in [1.165, 1.54) is 23.1 Å². The van der Waals surface area contributed by atoms with Gasteiger partial charge in [-0.05, 0) is 38.5 Å². The number of aryl methyl sites for hydroxylation is 1. The first-order chi connectivity index (χ1) is 13.3. The Balaban J connectivity index is 1.79. The molecule has 1 aromatic heterocycles. The molecule has 2 amide bonds. The molecule has 0 bridgehead atoms. The van der Waals surface area contributed by atoms with E-state index < -0.39 is 17.1 Å². The Bertz CT molecular complexity index is 938. The van der Waals surface area contributed by atoms with E-state index in [9.17, 15) is 14.4 Å². The highest BCUT2D eigenvalue weighted by atomic mass is 32.2. The third kappa shape index (κ3) is 3.93. The Kier molecular flexibility index (Phi) is 6.10. The Labute approximate surface area is 172 Å². The molecule has 28 heavy (non-hydrogen) atoms. The number of anilines is 2. The van der Waals surface area contributed by atoms with Gasteiger partial charge < -0.3 is 15.4 Å². The fourth-order valence-corrected chi connectivity index (χ4v) is 5.15. The summed E-state index contributed by atoms with van der Waals surface area (Å²) in [6.45, 7) is 7.44. The predicted molar refractivity (Wildman–Crippen MR) is 112 cm³/mol. The zero-order valence-corrected chi connectivity index (χ0v) is 17.8. The lowest BCUT2D eigenvalue weighted by Crippen LogP contribution is -2.39. The van der Waals surface area contributed by atoms with E-state index in [2.05, 4.69) is 10.6 Å². The number of benzene rings is 1. The maximum absolute atomic E-state index is 12.9. The van der Waals surface area contributed by atoms with Gasteiger partial charge in [0.25, 0.3) is 0 Å². The van der Waals surface area contributed by atoms with E-state index in [-0.39, 0.29) is 18.4 Å². The van der Waals surface area contributed by atoms with Crippen molar-refractivity contribution in [1.29, 1.82) is 0 Å². The van der Waals surface area contributed by atoms with Gasteiger partial charge in [0, 0.05) is 9.77 Å². The summed E-state index contributed by atoms with van der Waals surface area (Å²) in [5, 5.41) is 5.61. The van der Waals surface area contributed by atoms with Crippen LogP contribution in [-0.2, 0) is 14.3 Å². The second kappa shape index (κ2) is 8.36. The molecule has 0 spiro atoms. The number of carbonyl (C=O) groups is 3. The zero-order valence-electron chi connectivity index (χ0n) is 16.1. The minimum atomic E-state index is -0.587. The quantitative estimate of drug-likeness (QED) is 0.710. The summed E-state index contributed by atoms with van der Waals surface area (Å²) in [5.41, 5.74) is 1.94. The fourth-order valence-electron chi connectivity index (χ4n) is 2.92. The maximum atomic E-state index is 12.9. The van der Waals surface area contributed by atoms with Crippen molar-refractivity contribution in [3.05, 3.63) is 40.3 Å². The van der Waals surface area contributed by atoms with Crippen LogP contribution in [0, 0.1) is 19.8 Å². The van der Waals surface area contributed by atoms with Crippen molar-refractivity contribution < 1.29 is 19.1 Å². The van der Waals surface area contributed by atoms with Crippen LogP contribution in [0.4, 0.5) is 10.7 Å². The number of hydrogen-bond donors (Lipinski definition) is 2. The molecular formula is C20H22N2O4S2. The summed E-state index contributed by atoms with van der Waals surface area (Å²) in [6, 6.07) is 7.51. The summed E-state index contributed by atoms with van der Waals surface area (Å²) in [7, 11) is 0. The molecule has 2 aromatic rings. The number of thioether (sulfide) groups is 1. The number of rotatable bonds is 5. The molecule has 148 valence electrons. The van der Waals surface area contributed by atoms with Crippen molar-refractivity contribution >= 4 is 51.6 Å². The van der Waals surface area contributed by atoms with Gasteiger partial charge in [-0.25, -0.2) is 4.79 Å². The number of thiophene rings is 1. The zero-order chi connectivity index (χ0) is 20.4. The summed E-state index contributed by atoms with van der Waals surface area (Å²) < 4.78 is 5.13. The second-order valence-electron chi connectivity index (χ2n) is 6.51. The van der Waals surface area contributed by atoms with Crippen molar-refractivity contribution in [2.45, 2.75) is 37.8 Å². The van der Waals surface area contributed by atoms with Gasteiger partial charge >= 0.3 is 5.97 Å². The van der Waals surface area contributed by atoms with Crippen LogP contribution >= 0.6 is 23.1 Å². The number of nitrogens with one attached hydrogen (secondary N) is 2. The average molecular weight is 419 g/mol. The van der Waals surface area contributed by atoms with Gasteiger partial charge in [-0.15, -0.1) is 23.1 Å². The predicted octanol–water partition coefficient (Wildman–Crippen LogP) is 4.23. The Morgan fingerprint density at radius 1 is 1.29 bits per heavy atom. The molecule has 3 rings (SSSR count). The van der Waals surface area contributed by atoms with Crippen molar-refractivity contribution in [2.75, 3.05) is 17.2 Å². The summed E-state index contributed by atoms with van der Waals surface area (Å²) in [5.74, 6) is -1.54. The molecule has 1 aliphatic rings. The van der Waals surface area contributed by atoms with Gasteiger partial charge in [0.05, 0.1) is 29.0 Å². The van der Waals surface area contributed by atoms with E-state index in [1.807, 2.05) is 38.1 Å². The Morgan fingerprint density at radius 2 is 2.00 bits per heavy atom. The van der Waals surface area contributed by atoms with Crippen LogP contribution in [0.1, 0.15) is 34.6 Å². The number of fused-ring (bicyclic) bond motifs is 1. The third-order valence-electron chi connectivity index (χ3n) is 4.63. The molecule has 0 aliphatic carbocycles. The van der Waals surface area contributed by atoms with E-state index in [0.717, 1.165) is 21.0 Å². The maximum Gasteiger partial charge on any atom is 0.341 e. The summed E-state index contributed by atoms with van der Waals surface area (Å²) >= 11 is 2.71. The number of para-hydroxylation sites is 1. The van der Waals surface area contributed by atoms with E-state index >= 15 is 0 Å². The molecular weight excluding hydrogens is 396 g/mol. The summed E-state index contributed by atoms with van der Waals surface area (Å²) in [4.78, 5) is 39.5. The lowest BCUT2D eigenvalue weighted by Gasteiger charge is -2.27. The van der Waals surface area contributed by atoms with Crippen LogP contribution in [0.3, 0.4) is 0 Å². The van der Waals surface area contributed by atoms with Crippen LogP contribution in [0.5, 0.6) is 0 Å². The molecule has 8 heteroatoms. The number of esters is 1.